The minimum absolute atomic E-state index is 0.450. The maximum Gasteiger partial charge on any atom is 0.0291 e. The van der Waals surface area contributed by atoms with Gasteiger partial charge < -0.3 is 10.2 Å². The number of nitrogens with one attached hydrogen (secondary N) is 1. The van der Waals surface area contributed by atoms with Crippen LogP contribution in [0.1, 0.15) is 31.4 Å². The fourth-order valence-corrected chi connectivity index (χ4v) is 2.10. The van der Waals surface area contributed by atoms with E-state index in [9.17, 15) is 0 Å². The zero-order chi connectivity index (χ0) is 12.7. The largest absolute Gasteiger partial charge is 0.310 e. The molecule has 0 fully saturated rings. The topological polar surface area (TPSA) is 15.3 Å². The molecule has 0 aliphatic heterocycles. The average molecular weight is 346 g/mol. The first kappa shape index (κ1) is 14.9. The number of benzene rings is 1. The van der Waals surface area contributed by atoms with E-state index in [1.54, 1.807) is 0 Å². The standard InChI is InChI=1S/C14H23IN2/c1-12(13-6-8-14(15)9-7-13)16-10-4-5-11-17(2)3/h6-9,12,16H,4-5,10-11H2,1-3H3. The van der Waals surface area contributed by atoms with Gasteiger partial charge in [0, 0.05) is 9.61 Å². The maximum absolute atomic E-state index is 3.57. The monoisotopic (exact) mass is 346 g/mol. The van der Waals surface area contributed by atoms with Gasteiger partial charge in [-0.1, -0.05) is 12.1 Å². The van der Waals surface area contributed by atoms with Crippen LogP contribution in [0.4, 0.5) is 0 Å². The van der Waals surface area contributed by atoms with E-state index >= 15 is 0 Å². The van der Waals surface area contributed by atoms with Crippen molar-refractivity contribution in [3.05, 3.63) is 33.4 Å². The summed E-state index contributed by atoms with van der Waals surface area (Å²) in [5.41, 5.74) is 1.37. The smallest absolute Gasteiger partial charge is 0.0291 e. The van der Waals surface area contributed by atoms with Crippen LogP contribution in [0.3, 0.4) is 0 Å². The Morgan fingerprint density at radius 2 is 1.82 bits per heavy atom. The first-order valence-electron chi connectivity index (χ1n) is 6.23. The summed E-state index contributed by atoms with van der Waals surface area (Å²) in [5.74, 6) is 0. The fraction of sp³-hybridized carbons (Fsp3) is 0.571. The average Bonchev–Trinajstić information content (AvgIpc) is 2.29. The van der Waals surface area contributed by atoms with Gasteiger partial charge in [-0.15, -0.1) is 0 Å². The van der Waals surface area contributed by atoms with Crippen LogP contribution in [0, 0.1) is 3.57 Å². The molecule has 0 aliphatic rings. The Morgan fingerprint density at radius 1 is 1.18 bits per heavy atom. The summed E-state index contributed by atoms with van der Waals surface area (Å²) >= 11 is 2.34. The van der Waals surface area contributed by atoms with E-state index in [-0.39, 0.29) is 0 Å². The highest BCUT2D eigenvalue weighted by Crippen LogP contribution is 2.14. The molecule has 0 aliphatic carbocycles. The van der Waals surface area contributed by atoms with Crippen molar-refractivity contribution in [3.63, 3.8) is 0 Å². The highest BCUT2D eigenvalue weighted by molar-refractivity contribution is 14.1. The zero-order valence-corrected chi connectivity index (χ0v) is 13.2. The molecule has 2 nitrogen and oxygen atoms in total. The number of hydrogen-bond donors (Lipinski definition) is 1. The summed E-state index contributed by atoms with van der Waals surface area (Å²) < 4.78 is 1.30. The van der Waals surface area contributed by atoms with Crippen LogP contribution in [-0.4, -0.2) is 32.1 Å². The first-order valence-corrected chi connectivity index (χ1v) is 7.31. The lowest BCUT2D eigenvalue weighted by Gasteiger charge is -2.15. The van der Waals surface area contributed by atoms with Crippen LogP contribution in [0.15, 0.2) is 24.3 Å². The predicted octanol–water partition coefficient (Wildman–Crippen LogP) is 3.28. The van der Waals surface area contributed by atoms with Gasteiger partial charge in [-0.2, -0.15) is 0 Å². The third-order valence-corrected chi connectivity index (χ3v) is 3.57. The Labute approximate surface area is 119 Å². The zero-order valence-electron chi connectivity index (χ0n) is 11.0. The van der Waals surface area contributed by atoms with Crippen molar-refractivity contribution in [2.24, 2.45) is 0 Å². The van der Waals surface area contributed by atoms with E-state index in [0.29, 0.717) is 6.04 Å². The quantitative estimate of drug-likeness (QED) is 0.602. The van der Waals surface area contributed by atoms with Gasteiger partial charge >= 0.3 is 0 Å². The Kier molecular flexibility index (Phi) is 7.08. The van der Waals surface area contributed by atoms with Gasteiger partial charge in [-0.05, 0) is 87.2 Å². The summed E-state index contributed by atoms with van der Waals surface area (Å²) in [7, 11) is 4.25. The number of nitrogens with zero attached hydrogens (tertiary/aromatic N) is 1. The van der Waals surface area contributed by atoms with Gasteiger partial charge in [-0.25, -0.2) is 0 Å². The normalized spacial score (nSPS) is 13.0. The summed E-state index contributed by atoms with van der Waals surface area (Å²) in [6, 6.07) is 9.20. The molecule has 0 bridgehead atoms. The van der Waals surface area contributed by atoms with Crippen LogP contribution >= 0.6 is 22.6 Å². The molecule has 1 unspecified atom stereocenters. The molecule has 1 rings (SSSR count). The molecule has 0 saturated heterocycles. The second-order valence-electron chi connectivity index (χ2n) is 4.74. The van der Waals surface area contributed by atoms with Gasteiger partial charge in [0.2, 0.25) is 0 Å². The van der Waals surface area contributed by atoms with E-state index in [1.165, 1.54) is 28.5 Å². The van der Waals surface area contributed by atoms with E-state index in [2.05, 4.69) is 78.1 Å². The molecule has 0 aromatic heterocycles. The Balaban J connectivity index is 2.21. The van der Waals surface area contributed by atoms with Crippen molar-refractivity contribution >= 4 is 22.6 Å². The first-order chi connectivity index (χ1) is 8.09. The molecular formula is C14H23IN2. The molecule has 1 aromatic rings. The van der Waals surface area contributed by atoms with Crippen LogP contribution in [0.5, 0.6) is 0 Å². The number of hydrogen-bond acceptors (Lipinski definition) is 2. The van der Waals surface area contributed by atoms with Gasteiger partial charge in [0.15, 0.2) is 0 Å². The molecule has 3 heteroatoms. The Bertz CT molecular complexity index is 309. The maximum atomic E-state index is 3.57. The summed E-state index contributed by atoms with van der Waals surface area (Å²) in [6.45, 7) is 4.51. The van der Waals surface area contributed by atoms with Crippen LogP contribution in [0.25, 0.3) is 0 Å². The van der Waals surface area contributed by atoms with Crippen LogP contribution < -0.4 is 5.32 Å². The molecule has 0 heterocycles. The highest BCUT2D eigenvalue weighted by Gasteiger charge is 2.03. The predicted molar refractivity (Wildman–Crippen MR) is 83.4 cm³/mol. The summed E-state index contributed by atoms with van der Waals surface area (Å²) in [4.78, 5) is 2.24. The van der Waals surface area contributed by atoms with Crippen molar-refractivity contribution in [1.82, 2.24) is 10.2 Å². The molecule has 0 radical (unpaired) electrons. The van der Waals surface area contributed by atoms with Gasteiger partial charge in [0.05, 0.1) is 0 Å². The lowest BCUT2D eigenvalue weighted by atomic mass is 10.1. The van der Waals surface area contributed by atoms with Crippen molar-refractivity contribution in [2.45, 2.75) is 25.8 Å². The van der Waals surface area contributed by atoms with E-state index in [4.69, 9.17) is 0 Å². The lowest BCUT2D eigenvalue weighted by Crippen LogP contribution is -2.21. The highest BCUT2D eigenvalue weighted by atomic mass is 127. The molecule has 1 atom stereocenters. The molecule has 0 spiro atoms. The minimum Gasteiger partial charge on any atom is -0.310 e. The summed E-state index contributed by atoms with van der Waals surface area (Å²) in [6.07, 6.45) is 2.51. The molecular weight excluding hydrogens is 323 g/mol. The number of rotatable bonds is 7. The molecule has 96 valence electrons. The van der Waals surface area contributed by atoms with Crippen molar-refractivity contribution in [1.29, 1.82) is 0 Å². The van der Waals surface area contributed by atoms with Gasteiger partial charge in [0.1, 0.15) is 0 Å². The summed E-state index contributed by atoms with van der Waals surface area (Å²) in [5, 5.41) is 3.57. The third-order valence-electron chi connectivity index (χ3n) is 2.85. The second kappa shape index (κ2) is 8.06. The SMILES string of the molecule is CC(NCCCCN(C)C)c1ccc(I)cc1. The van der Waals surface area contributed by atoms with E-state index < -0.39 is 0 Å². The molecule has 0 saturated carbocycles. The van der Waals surface area contributed by atoms with Crippen LogP contribution in [0.2, 0.25) is 0 Å². The lowest BCUT2D eigenvalue weighted by molar-refractivity contribution is 0.389. The number of halogens is 1. The van der Waals surface area contributed by atoms with E-state index in [1.807, 2.05) is 0 Å². The Hall–Kier alpha value is -0.130. The Morgan fingerprint density at radius 3 is 2.41 bits per heavy atom. The molecule has 1 N–H and O–H groups in total. The molecule has 0 amide bonds. The van der Waals surface area contributed by atoms with Crippen molar-refractivity contribution in [3.8, 4) is 0 Å². The molecule has 17 heavy (non-hydrogen) atoms. The third kappa shape index (κ3) is 6.38. The second-order valence-corrected chi connectivity index (χ2v) is 5.98. The van der Waals surface area contributed by atoms with Crippen molar-refractivity contribution in [2.75, 3.05) is 27.2 Å². The minimum atomic E-state index is 0.450. The fourth-order valence-electron chi connectivity index (χ4n) is 1.74. The van der Waals surface area contributed by atoms with Gasteiger partial charge in [-0.3, -0.25) is 0 Å². The van der Waals surface area contributed by atoms with Crippen LogP contribution in [-0.2, 0) is 0 Å². The van der Waals surface area contributed by atoms with E-state index in [0.717, 1.165) is 6.54 Å². The molecule has 1 aromatic carbocycles. The van der Waals surface area contributed by atoms with Crippen molar-refractivity contribution < 1.29 is 0 Å². The number of unbranched alkanes of at least 4 members (excludes halogenated alkanes) is 1. The van der Waals surface area contributed by atoms with Gasteiger partial charge in [0.25, 0.3) is 0 Å².